The molecule has 0 aliphatic carbocycles. The molecule has 0 amide bonds. The minimum Gasteiger partial charge on any atom is -0.459 e. The molecule has 0 fully saturated rings. The Kier molecular flexibility index (Phi) is 20.3. The predicted octanol–water partition coefficient (Wildman–Crippen LogP) is 10.6. The van der Waals surface area contributed by atoms with Gasteiger partial charge in [0.15, 0.2) is 16.6 Å². The summed E-state index contributed by atoms with van der Waals surface area (Å²) in [6.45, 7) is 32.7. The third kappa shape index (κ3) is 17.9. The molecule has 8 nitrogen and oxygen atoms in total. The van der Waals surface area contributed by atoms with Gasteiger partial charge >= 0.3 is 5.97 Å². The van der Waals surface area contributed by atoms with Gasteiger partial charge in [0.2, 0.25) is 0 Å². The van der Waals surface area contributed by atoms with E-state index >= 15 is 0 Å². The van der Waals surface area contributed by atoms with E-state index in [1.54, 1.807) is 7.11 Å². The van der Waals surface area contributed by atoms with Crippen molar-refractivity contribution >= 4 is 22.6 Å². The third-order valence-electron chi connectivity index (χ3n) is 11.3. The van der Waals surface area contributed by atoms with E-state index in [0.29, 0.717) is 31.8 Å². The van der Waals surface area contributed by atoms with Gasteiger partial charge in [-0.15, -0.1) is 0 Å². The van der Waals surface area contributed by atoms with Gasteiger partial charge in [-0.3, -0.25) is 0 Å². The van der Waals surface area contributed by atoms with Gasteiger partial charge in [0, 0.05) is 19.5 Å². The van der Waals surface area contributed by atoms with Crippen LogP contribution in [0.1, 0.15) is 100 Å². The van der Waals surface area contributed by atoms with Crippen LogP contribution in [-0.2, 0) is 37.3 Å². The minimum atomic E-state index is -2.19. The van der Waals surface area contributed by atoms with Gasteiger partial charge in [0.25, 0.3) is 0 Å². The van der Waals surface area contributed by atoms with Gasteiger partial charge in [-0.1, -0.05) is 115 Å². The first-order valence-corrected chi connectivity index (χ1v) is 26.0. The number of rotatable bonds is 20. The molecule has 0 spiro atoms. The van der Waals surface area contributed by atoms with Gasteiger partial charge in [-0.25, -0.2) is 4.79 Å². The van der Waals surface area contributed by atoms with E-state index in [1.165, 1.54) is 12.7 Å². The standard InChI is InChI=1S/C45H76O8Si2/c1-34-27-28-49-39(30-34)25-26-42(53-55(14,15)45(7,8)9)41(52-54(12,13)44(4,5)6)23-17-21-38(50-33-47-10)31-35(2)29-36(3)32-40-22-16-19-37(51-40)20-18-24-43(46)48-11/h16-17,19,21,25-27,36-42H,2,20,22-23,28-33H2,1,3-15H3/b21-17+,26-25?/t36-,37-,38+,39+,40-,41-,42-/m0/s1. The van der Waals surface area contributed by atoms with Gasteiger partial charge < -0.3 is 32.5 Å². The van der Waals surface area contributed by atoms with Crippen LogP contribution >= 0.6 is 0 Å². The first kappa shape index (κ1) is 49.1. The first-order valence-electron chi connectivity index (χ1n) is 20.2. The molecule has 2 aliphatic heterocycles. The normalized spacial score (nSPS) is 22.1. The summed E-state index contributed by atoms with van der Waals surface area (Å²) < 4.78 is 43.0. The molecule has 0 saturated carbocycles. The predicted molar refractivity (Wildman–Crippen MR) is 231 cm³/mol. The SMILES string of the molecule is C=C(C[C@H](C)C[C@@H]1CC=C[C@@H](CC#CC(=O)OC)O1)C[C@@H](/C=C/C[C@H](O[Si](C)(C)C(C)(C)C)[C@H](C=C[C@@H]1CC(C)=CCO1)O[Si](C)(C)C(C)(C)C)OCOC. The van der Waals surface area contributed by atoms with Gasteiger partial charge in [0.05, 0.1) is 50.3 Å². The Hall–Kier alpha value is -2.08. The molecule has 312 valence electrons. The number of carbonyl (C=O) groups is 1. The fraction of sp³-hybridized carbons (Fsp3) is 0.711. The summed E-state index contributed by atoms with van der Waals surface area (Å²) in [5.41, 5.74) is 2.48. The van der Waals surface area contributed by atoms with Crippen LogP contribution in [0.3, 0.4) is 0 Å². The van der Waals surface area contributed by atoms with Gasteiger partial charge in [0.1, 0.15) is 6.79 Å². The lowest BCUT2D eigenvalue weighted by molar-refractivity contribution is -0.133. The highest BCUT2D eigenvalue weighted by molar-refractivity contribution is 6.74. The Labute approximate surface area is 337 Å². The number of carbonyl (C=O) groups excluding carboxylic acids is 1. The largest absolute Gasteiger partial charge is 0.459 e. The summed E-state index contributed by atoms with van der Waals surface area (Å²) in [7, 11) is -1.39. The number of hydrogen-bond donors (Lipinski definition) is 0. The monoisotopic (exact) mass is 801 g/mol. The fourth-order valence-electron chi connectivity index (χ4n) is 6.06. The molecule has 0 aromatic heterocycles. The van der Waals surface area contributed by atoms with Crippen LogP contribution in [0.4, 0.5) is 0 Å². The summed E-state index contributed by atoms with van der Waals surface area (Å²) in [5, 5.41) is 0.0707. The second kappa shape index (κ2) is 22.8. The molecule has 2 heterocycles. The van der Waals surface area contributed by atoms with Crippen molar-refractivity contribution in [2.24, 2.45) is 5.92 Å². The second-order valence-electron chi connectivity index (χ2n) is 18.5. The van der Waals surface area contributed by atoms with E-state index in [9.17, 15) is 4.79 Å². The Bertz CT molecular complexity index is 1390. The number of ether oxygens (including phenoxy) is 5. The van der Waals surface area contributed by atoms with Crippen LogP contribution in [0.5, 0.6) is 0 Å². The summed E-state index contributed by atoms with van der Waals surface area (Å²) in [5.74, 6) is 5.19. The lowest BCUT2D eigenvalue weighted by atomic mass is 9.91. The lowest BCUT2D eigenvalue weighted by Gasteiger charge is -2.44. The van der Waals surface area contributed by atoms with Crippen molar-refractivity contribution in [2.75, 3.05) is 27.6 Å². The van der Waals surface area contributed by atoms with E-state index in [4.69, 9.17) is 27.8 Å². The summed E-state index contributed by atoms with van der Waals surface area (Å²) in [6, 6.07) is 0. The number of esters is 1. The highest BCUT2D eigenvalue weighted by atomic mass is 28.4. The van der Waals surface area contributed by atoms with E-state index < -0.39 is 22.6 Å². The van der Waals surface area contributed by atoms with E-state index in [1.807, 2.05) is 6.08 Å². The molecule has 7 atom stereocenters. The highest BCUT2D eigenvalue weighted by Crippen LogP contribution is 2.41. The third-order valence-corrected chi connectivity index (χ3v) is 20.3. The zero-order valence-corrected chi connectivity index (χ0v) is 38.9. The summed E-state index contributed by atoms with van der Waals surface area (Å²) >= 11 is 0. The van der Waals surface area contributed by atoms with Crippen LogP contribution in [0, 0.1) is 17.8 Å². The number of methoxy groups -OCH3 is 2. The van der Waals surface area contributed by atoms with Crippen LogP contribution in [0.15, 0.2) is 60.3 Å². The summed E-state index contributed by atoms with van der Waals surface area (Å²) in [4.78, 5) is 11.4. The Morgan fingerprint density at radius 2 is 1.71 bits per heavy atom. The van der Waals surface area contributed by atoms with Crippen molar-refractivity contribution in [2.45, 2.75) is 173 Å². The summed E-state index contributed by atoms with van der Waals surface area (Å²) in [6.07, 6.45) is 19.8. The average Bonchev–Trinajstić information content (AvgIpc) is 3.07. The van der Waals surface area contributed by atoms with E-state index in [-0.39, 0.29) is 53.5 Å². The zero-order valence-electron chi connectivity index (χ0n) is 36.9. The van der Waals surface area contributed by atoms with Crippen molar-refractivity contribution in [3.63, 3.8) is 0 Å². The molecular weight excluding hydrogens is 725 g/mol. The quantitative estimate of drug-likeness (QED) is 0.0301. The molecule has 0 aromatic rings. The Morgan fingerprint density at radius 3 is 2.33 bits per heavy atom. The molecule has 0 unspecified atom stereocenters. The molecule has 55 heavy (non-hydrogen) atoms. The van der Waals surface area contributed by atoms with Crippen molar-refractivity contribution in [3.05, 3.63) is 60.3 Å². The smallest absolute Gasteiger partial charge is 0.384 e. The highest BCUT2D eigenvalue weighted by Gasteiger charge is 2.44. The fourth-order valence-corrected chi connectivity index (χ4v) is 8.66. The Morgan fingerprint density at radius 1 is 1.04 bits per heavy atom. The second-order valence-corrected chi connectivity index (χ2v) is 28.0. The molecule has 0 bridgehead atoms. The minimum absolute atomic E-state index is 0.0229. The van der Waals surface area contributed by atoms with Gasteiger partial charge in [-0.05, 0) is 87.6 Å². The molecule has 2 rings (SSSR count). The molecule has 0 saturated heterocycles. The van der Waals surface area contributed by atoms with Crippen LogP contribution < -0.4 is 0 Å². The molecule has 0 N–H and O–H groups in total. The molecular formula is C45H76O8Si2. The van der Waals surface area contributed by atoms with Crippen molar-refractivity contribution < 1.29 is 37.3 Å². The van der Waals surface area contributed by atoms with Crippen LogP contribution in [0.2, 0.25) is 36.3 Å². The van der Waals surface area contributed by atoms with Crippen molar-refractivity contribution in [3.8, 4) is 11.8 Å². The maximum Gasteiger partial charge on any atom is 0.384 e. The first-order chi connectivity index (χ1) is 25.6. The van der Waals surface area contributed by atoms with Gasteiger partial charge in [-0.2, -0.15) is 0 Å². The maximum absolute atomic E-state index is 11.4. The number of hydrogen-bond acceptors (Lipinski definition) is 8. The van der Waals surface area contributed by atoms with Crippen molar-refractivity contribution in [1.29, 1.82) is 0 Å². The van der Waals surface area contributed by atoms with Crippen molar-refractivity contribution in [1.82, 2.24) is 0 Å². The molecule has 0 radical (unpaired) electrons. The maximum atomic E-state index is 11.4. The zero-order chi connectivity index (χ0) is 41.5. The van der Waals surface area contributed by atoms with Crippen LogP contribution in [0.25, 0.3) is 0 Å². The van der Waals surface area contributed by atoms with E-state index in [2.05, 4.69) is 141 Å². The molecule has 10 heteroatoms. The lowest BCUT2D eigenvalue weighted by Crippen LogP contribution is -2.51. The van der Waals surface area contributed by atoms with Crippen LogP contribution in [-0.4, -0.2) is 86.8 Å². The molecule has 2 aliphatic rings. The van der Waals surface area contributed by atoms with E-state index in [0.717, 1.165) is 31.3 Å². The average molecular weight is 801 g/mol. The Balaban J connectivity index is 2.24. The molecule has 0 aromatic carbocycles. The topological polar surface area (TPSA) is 81.7 Å².